The number of carbonyl (C=O) groups is 1. The lowest BCUT2D eigenvalue weighted by atomic mass is 10.0. The molecule has 2 aromatic heterocycles. The third-order valence-corrected chi connectivity index (χ3v) is 6.19. The molecule has 158 valence electrons. The Bertz CT molecular complexity index is 1560. The number of anilines is 1. The molecule has 0 unspecified atom stereocenters. The Balaban J connectivity index is 1.46. The molecule has 0 bridgehead atoms. The van der Waals surface area contributed by atoms with Crippen LogP contribution in [0.15, 0.2) is 75.9 Å². The Kier molecular flexibility index (Phi) is 5.13. The van der Waals surface area contributed by atoms with Crippen molar-refractivity contribution in [1.29, 1.82) is 0 Å². The van der Waals surface area contributed by atoms with E-state index in [2.05, 4.69) is 10.3 Å². The molecule has 0 aliphatic heterocycles. The molecular formula is C24H15ClN2O4S. The van der Waals surface area contributed by atoms with Gasteiger partial charge in [0.2, 0.25) is 0 Å². The van der Waals surface area contributed by atoms with Crippen molar-refractivity contribution in [2.45, 2.75) is 0 Å². The van der Waals surface area contributed by atoms with Gasteiger partial charge in [-0.3, -0.25) is 10.1 Å². The molecule has 8 heteroatoms. The Labute approximate surface area is 191 Å². The van der Waals surface area contributed by atoms with Crippen LogP contribution in [0.5, 0.6) is 5.75 Å². The third kappa shape index (κ3) is 3.72. The minimum absolute atomic E-state index is 0.339. The number of hydrogen-bond donors (Lipinski definition) is 1. The number of fused-ring (bicyclic) bond motifs is 2. The van der Waals surface area contributed by atoms with Crippen molar-refractivity contribution in [3.05, 3.63) is 87.7 Å². The van der Waals surface area contributed by atoms with Crippen LogP contribution in [-0.4, -0.2) is 18.0 Å². The highest BCUT2D eigenvalue weighted by Crippen LogP contribution is 2.34. The molecule has 0 saturated carbocycles. The number of methoxy groups -OCH3 is 1. The lowest BCUT2D eigenvalue weighted by molar-refractivity contribution is 0.102. The lowest BCUT2D eigenvalue weighted by Crippen LogP contribution is -2.12. The van der Waals surface area contributed by atoms with Crippen molar-refractivity contribution < 1.29 is 13.9 Å². The van der Waals surface area contributed by atoms with Gasteiger partial charge in [0.15, 0.2) is 5.13 Å². The fourth-order valence-electron chi connectivity index (χ4n) is 3.40. The monoisotopic (exact) mass is 462 g/mol. The van der Waals surface area contributed by atoms with Crippen LogP contribution in [-0.2, 0) is 0 Å². The molecule has 0 spiro atoms. The summed E-state index contributed by atoms with van der Waals surface area (Å²) in [6.45, 7) is 0. The molecule has 1 amide bonds. The van der Waals surface area contributed by atoms with Gasteiger partial charge >= 0.3 is 5.63 Å². The Morgan fingerprint density at radius 3 is 2.78 bits per heavy atom. The molecule has 0 radical (unpaired) electrons. The average Bonchev–Trinajstić information content (AvgIpc) is 3.18. The molecule has 0 aliphatic carbocycles. The molecule has 0 atom stereocenters. The molecule has 0 aliphatic rings. The van der Waals surface area contributed by atoms with Gasteiger partial charge in [-0.25, -0.2) is 9.78 Å². The Morgan fingerprint density at radius 1 is 1.09 bits per heavy atom. The van der Waals surface area contributed by atoms with Gasteiger partial charge in [0.1, 0.15) is 11.3 Å². The third-order valence-electron chi connectivity index (χ3n) is 4.96. The van der Waals surface area contributed by atoms with Gasteiger partial charge in [-0.15, -0.1) is 0 Å². The molecule has 5 rings (SSSR count). The van der Waals surface area contributed by atoms with E-state index in [0.29, 0.717) is 43.7 Å². The van der Waals surface area contributed by atoms with Crippen molar-refractivity contribution in [2.75, 3.05) is 12.4 Å². The summed E-state index contributed by atoms with van der Waals surface area (Å²) in [5, 5.41) is 4.50. The van der Waals surface area contributed by atoms with E-state index in [1.807, 2.05) is 18.2 Å². The maximum atomic E-state index is 12.9. The number of rotatable bonds is 4. The number of benzene rings is 3. The second-order valence-corrected chi connectivity index (χ2v) is 8.43. The van der Waals surface area contributed by atoms with Gasteiger partial charge in [-0.05, 0) is 35.9 Å². The van der Waals surface area contributed by atoms with Crippen LogP contribution in [0.1, 0.15) is 10.4 Å². The fraction of sp³-hybridized carbons (Fsp3) is 0.0417. The first-order chi connectivity index (χ1) is 15.5. The first kappa shape index (κ1) is 20.2. The van der Waals surface area contributed by atoms with Crippen LogP contribution in [0.2, 0.25) is 5.02 Å². The van der Waals surface area contributed by atoms with Gasteiger partial charge in [-0.2, -0.15) is 0 Å². The number of carbonyl (C=O) groups excluding carboxylic acids is 1. The molecule has 3 aromatic carbocycles. The van der Waals surface area contributed by atoms with E-state index < -0.39 is 5.63 Å². The molecule has 0 fully saturated rings. The van der Waals surface area contributed by atoms with Gasteiger partial charge in [0.05, 0.1) is 27.9 Å². The maximum absolute atomic E-state index is 12.9. The summed E-state index contributed by atoms with van der Waals surface area (Å²) in [7, 11) is 1.54. The summed E-state index contributed by atoms with van der Waals surface area (Å²) in [6.07, 6.45) is 0. The number of para-hydroxylation sites is 1. The smallest absolute Gasteiger partial charge is 0.344 e. The van der Waals surface area contributed by atoms with Crippen molar-refractivity contribution in [3.63, 3.8) is 0 Å². The molecule has 2 heterocycles. The highest BCUT2D eigenvalue weighted by molar-refractivity contribution is 7.22. The Morgan fingerprint density at radius 2 is 1.94 bits per heavy atom. The first-order valence-corrected chi connectivity index (χ1v) is 10.8. The number of nitrogens with zero attached hydrogens (tertiary/aromatic N) is 1. The van der Waals surface area contributed by atoms with E-state index in [1.54, 1.807) is 55.6 Å². The SMILES string of the molecule is COc1cc2sc(NC(=O)c3cccc(-c4cc5ccccc5oc4=O)c3)nc2cc1Cl. The van der Waals surface area contributed by atoms with Crippen LogP contribution in [0, 0.1) is 0 Å². The van der Waals surface area contributed by atoms with Gasteiger partial charge < -0.3 is 9.15 Å². The lowest BCUT2D eigenvalue weighted by Gasteiger charge is -2.06. The molecule has 0 saturated heterocycles. The molecule has 1 N–H and O–H groups in total. The number of thiazole rings is 1. The van der Waals surface area contributed by atoms with Crippen molar-refractivity contribution in [2.24, 2.45) is 0 Å². The van der Waals surface area contributed by atoms with E-state index >= 15 is 0 Å². The van der Waals surface area contributed by atoms with E-state index in [9.17, 15) is 9.59 Å². The number of nitrogens with one attached hydrogen (secondary N) is 1. The van der Waals surface area contributed by atoms with Gasteiger partial charge in [0, 0.05) is 17.0 Å². The summed E-state index contributed by atoms with van der Waals surface area (Å²) >= 11 is 7.47. The van der Waals surface area contributed by atoms with Crippen LogP contribution < -0.4 is 15.7 Å². The number of ether oxygens (including phenoxy) is 1. The summed E-state index contributed by atoms with van der Waals surface area (Å²) < 4.78 is 11.5. The molecular weight excluding hydrogens is 448 g/mol. The summed E-state index contributed by atoms with van der Waals surface area (Å²) in [5.41, 5.74) is 2.10. The normalized spacial score (nSPS) is 11.1. The van der Waals surface area contributed by atoms with Crippen LogP contribution in [0.25, 0.3) is 32.3 Å². The minimum atomic E-state index is -0.460. The Hall–Kier alpha value is -3.68. The summed E-state index contributed by atoms with van der Waals surface area (Å²) in [4.78, 5) is 29.8. The van der Waals surface area contributed by atoms with Crippen molar-refractivity contribution in [1.82, 2.24) is 4.98 Å². The standard InChI is InChI=1S/C24H15ClN2O4S/c1-30-20-12-21-18(11-17(20)25)26-24(32-21)27-22(28)15-7-4-6-13(9-15)16-10-14-5-2-3-8-19(14)31-23(16)29/h2-12H,1H3,(H,26,27,28). The quantitative estimate of drug-likeness (QED) is 0.332. The van der Waals surface area contributed by atoms with Crippen LogP contribution in [0.3, 0.4) is 0 Å². The van der Waals surface area contributed by atoms with E-state index in [-0.39, 0.29) is 5.91 Å². The zero-order valence-corrected chi connectivity index (χ0v) is 18.3. The van der Waals surface area contributed by atoms with Crippen molar-refractivity contribution in [3.8, 4) is 16.9 Å². The second kappa shape index (κ2) is 8.11. The number of aromatic nitrogens is 1. The van der Waals surface area contributed by atoms with E-state index in [1.165, 1.54) is 11.3 Å². The number of halogens is 1. The average molecular weight is 463 g/mol. The first-order valence-electron chi connectivity index (χ1n) is 9.60. The van der Waals surface area contributed by atoms with Gasteiger partial charge in [-0.1, -0.05) is 53.3 Å². The van der Waals surface area contributed by atoms with Gasteiger partial charge in [0.25, 0.3) is 5.91 Å². The highest BCUT2D eigenvalue weighted by Gasteiger charge is 2.14. The number of hydrogen-bond acceptors (Lipinski definition) is 6. The minimum Gasteiger partial charge on any atom is -0.495 e. The molecule has 32 heavy (non-hydrogen) atoms. The summed E-state index contributed by atoms with van der Waals surface area (Å²) in [5.74, 6) is 0.205. The predicted octanol–water partition coefficient (Wildman–Crippen LogP) is 5.98. The molecule has 6 nitrogen and oxygen atoms in total. The van der Waals surface area contributed by atoms with Crippen LogP contribution in [0.4, 0.5) is 5.13 Å². The highest BCUT2D eigenvalue weighted by atomic mass is 35.5. The van der Waals surface area contributed by atoms with E-state index in [4.69, 9.17) is 20.8 Å². The van der Waals surface area contributed by atoms with Crippen molar-refractivity contribution >= 4 is 55.2 Å². The summed E-state index contributed by atoms with van der Waals surface area (Å²) in [6, 6.07) is 19.4. The maximum Gasteiger partial charge on any atom is 0.344 e. The topological polar surface area (TPSA) is 81.4 Å². The largest absolute Gasteiger partial charge is 0.495 e. The fourth-order valence-corrected chi connectivity index (χ4v) is 4.51. The molecule has 5 aromatic rings. The zero-order chi connectivity index (χ0) is 22.2. The van der Waals surface area contributed by atoms with Crippen LogP contribution >= 0.6 is 22.9 Å². The zero-order valence-electron chi connectivity index (χ0n) is 16.7. The number of amides is 1. The predicted molar refractivity (Wildman–Crippen MR) is 127 cm³/mol. The second-order valence-electron chi connectivity index (χ2n) is 6.99. The van der Waals surface area contributed by atoms with E-state index in [0.717, 1.165) is 10.1 Å².